The minimum absolute atomic E-state index is 0.0531. The van der Waals surface area contributed by atoms with E-state index < -0.39 is 10.0 Å². The molecule has 0 aromatic heterocycles. The van der Waals surface area contributed by atoms with E-state index in [-0.39, 0.29) is 17.9 Å². The Labute approximate surface area is 104 Å². The molecule has 0 saturated carbocycles. The van der Waals surface area contributed by atoms with E-state index in [4.69, 9.17) is 4.74 Å². The quantitative estimate of drug-likeness (QED) is 0.788. The highest BCUT2D eigenvalue weighted by Crippen LogP contribution is 2.18. The standard InChI is InChI=1S/C11H22N2O3S/c1-10-8-12-5-6-13(10)17(14,15)9-11-4-2-3-7-16-11/h10-12H,2-9H2,1H3/t10-,11?/m0/s1. The normalized spacial score (nSPS) is 32.5. The van der Waals surface area contributed by atoms with E-state index >= 15 is 0 Å². The maximum Gasteiger partial charge on any atom is 0.216 e. The summed E-state index contributed by atoms with van der Waals surface area (Å²) in [6.07, 6.45) is 2.91. The van der Waals surface area contributed by atoms with Crippen molar-refractivity contribution in [1.82, 2.24) is 9.62 Å². The maximum atomic E-state index is 12.3. The van der Waals surface area contributed by atoms with Gasteiger partial charge >= 0.3 is 0 Å². The Hall–Kier alpha value is -0.170. The van der Waals surface area contributed by atoms with Gasteiger partial charge in [0.2, 0.25) is 10.0 Å². The molecule has 1 unspecified atom stereocenters. The molecular weight excluding hydrogens is 240 g/mol. The number of ether oxygens (including phenoxy) is 1. The lowest BCUT2D eigenvalue weighted by atomic mass is 10.1. The smallest absolute Gasteiger partial charge is 0.216 e. The molecular formula is C11H22N2O3S. The van der Waals surface area contributed by atoms with Crippen molar-refractivity contribution in [3.63, 3.8) is 0 Å². The Bertz CT molecular complexity index is 339. The van der Waals surface area contributed by atoms with Crippen LogP contribution in [-0.2, 0) is 14.8 Å². The van der Waals surface area contributed by atoms with Crippen LogP contribution in [0.15, 0.2) is 0 Å². The third-order valence-corrected chi connectivity index (χ3v) is 5.52. The van der Waals surface area contributed by atoms with Gasteiger partial charge in [0.05, 0.1) is 11.9 Å². The van der Waals surface area contributed by atoms with Crippen LogP contribution in [0.1, 0.15) is 26.2 Å². The lowest BCUT2D eigenvalue weighted by Gasteiger charge is -2.34. The summed E-state index contributed by atoms with van der Waals surface area (Å²) in [4.78, 5) is 0. The third kappa shape index (κ3) is 3.40. The maximum absolute atomic E-state index is 12.3. The molecule has 2 heterocycles. The Balaban J connectivity index is 1.96. The van der Waals surface area contributed by atoms with E-state index in [1.54, 1.807) is 4.31 Å². The first kappa shape index (κ1) is 13.3. The number of sulfonamides is 1. The lowest BCUT2D eigenvalue weighted by molar-refractivity contribution is 0.0296. The second-order valence-electron chi connectivity index (χ2n) is 4.93. The number of hydrogen-bond acceptors (Lipinski definition) is 4. The zero-order chi connectivity index (χ0) is 12.3. The van der Waals surface area contributed by atoms with Gasteiger partial charge in [-0.3, -0.25) is 0 Å². The number of rotatable bonds is 3. The van der Waals surface area contributed by atoms with Crippen LogP contribution in [0.25, 0.3) is 0 Å². The first-order valence-electron chi connectivity index (χ1n) is 6.41. The van der Waals surface area contributed by atoms with Crippen LogP contribution in [-0.4, -0.2) is 56.9 Å². The second kappa shape index (κ2) is 5.65. The summed E-state index contributed by atoms with van der Waals surface area (Å²) >= 11 is 0. The SMILES string of the molecule is C[C@H]1CNCCN1S(=O)(=O)CC1CCCCO1. The van der Waals surface area contributed by atoms with Gasteiger partial charge in [-0.15, -0.1) is 0 Å². The molecule has 5 nitrogen and oxygen atoms in total. The first-order valence-corrected chi connectivity index (χ1v) is 8.02. The fourth-order valence-electron chi connectivity index (χ4n) is 2.51. The van der Waals surface area contributed by atoms with Crippen molar-refractivity contribution in [2.75, 3.05) is 32.0 Å². The number of nitrogens with zero attached hydrogens (tertiary/aromatic N) is 1. The molecule has 2 aliphatic rings. The van der Waals surface area contributed by atoms with Crippen LogP contribution < -0.4 is 5.32 Å². The molecule has 100 valence electrons. The predicted octanol–water partition coefficient (Wildman–Crippen LogP) is 0.179. The highest BCUT2D eigenvalue weighted by molar-refractivity contribution is 7.89. The molecule has 2 aliphatic heterocycles. The zero-order valence-electron chi connectivity index (χ0n) is 10.4. The topological polar surface area (TPSA) is 58.6 Å². The van der Waals surface area contributed by atoms with Gasteiger partial charge in [-0.1, -0.05) is 0 Å². The molecule has 17 heavy (non-hydrogen) atoms. The molecule has 0 aliphatic carbocycles. The molecule has 0 aromatic rings. The first-order chi connectivity index (χ1) is 8.09. The molecule has 0 radical (unpaired) electrons. The van der Waals surface area contributed by atoms with Gasteiger partial charge in [0, 0.05) is 32.3 Å². The molecule has 0 amide bonds. The fraction of sp³-hybridized carbons (Fsp3) is 1.00. The highest BCUT2D eigenvalue weighted by atomic mass is 32.2. The lowest BCUT2D eigenvalue weighted by Crippen LogP contribution is -2.53. The summed E-state index contributed by atoms with van der Waals surface area (Å²) in [5, 5.41) is 3.20. The molecule has 2 rings (SSSR count). The minimum atomic E-state index is -3.16. The van der Waals surface area contributed by atoms with Gasteiger partial charge < -0.3 is 10.1 Å². The van der Waals surface area contributed by atoms with Crippen molar-refractivity contribution in [2.24, 2.45) is 0 Å². The summed E-state index contributed by atoms with van der Waals surface area (Å²) in [7, 11) is -3.16. The van der Waals surface area contributed by atoms with E-state index in [1.165, 1.54) is 0 Å². The molecule has 6 heteroatoms. The van der Waals surface area contributed by atoms with Crippen LogP contribution in [0.2, 0.25) is 0 Å². The van der Waals surface area contributed by atoms with Gasteiger partial charge in [-0.25, -0.2) is 8.42 Å². The van der Waals surface area contributed by atoms with Crippen molar-refractivity contribution in [3.8, 4) is 0 Å². The number of nitrogens with one attached hydrogen (secondary N) is 1. The van der Waals surface area contributed by atoms with E-state index in [9.17, 15) is 8.42 Å². The van der Waals surface area contributed by atoms with E-state index in [2.05, 4.69) is 5.32 Å². The molecule has 2 saturated heterocycles. The predicted molar refractivity (Wildman–Crippen MR) is 66.4 cm³/mol. The van der Waals surface area contributed by atoms with Gasteiger partial charge in [0.25, 0.3) is 0 Å². The Kier molecular flexibility index (Phi) is 4.41. The van der Waals surface area contributed by atoms with Crippen LogP contribution in [0.4, 0.5) is 0 Å². The van der Waals surface area contributed by atoms with Crippen LogP contribution >= 0.6 is 0 Å². The largest absolute Gasteiger partial charge is 0.377 e. The molecule has 2 atom stereocenters. The van der Waals surface area contributed by atoms with E-state index in [0.29, 0.717) is 13.2 Å². The molecule has 0 spiro atoms. The van der Waals surface area contributed by atoms with Crippen LogP contribution in [0, 0.1) is 0 Å². The van der Waals surface area contributed by atoms with Crippen LogP contribution in [0.3, 0.4) is 0 Å². The molecule has 1 N–H and O–H groups in total. The van der Waals surface area contributed by atoms with E-state index in [1.807, 2.05) is 6.92 Å². The average Bonchev–Trinajstić information content (AvgIpc) is 2.30. The Morgan fingerprint density at radius 2 is 2.24 bits per heavy atom. The molecule has 2 fully saturated rings. The van der Waals surface area contributed by atoms with Gasteiger partial charge in [0.1, 0.15) is 0 Å². The van der Waals surface area contributed by atoms with Gasteiger partial charge in [-0.05, 0) is 26.2 Å². The minimum Gasteiger partial charge on any atom is -0.377 e. The number of hydrogen-bond donors (Lipinski definition) is 1. The van der Waals surface area contributed by atoms with Gasteiger partial charge in [0.15, 0.2) is 0 Å². The number of piperazine rings is 1. The summed E-state index contributed by atoms with van der Waals surface area (Å²) in [6, 6.07) is 0.0531. The van der Waals surface area contributed by atoms with Crippen molar-refractivity contribution in [3.05, 3.63) is 0 Å². The highest BCUT2D eigenvalue weighted by Gasteiger charge is 2.32. The molecule has 0 aromatic carbocycles. The summed E-state index contributed by atoms with van der Waals surface area (Å²) in [5.74, 6) is 0.150. The van der Waals surface area contributed by atoms with Crippen molar-refractivity contribution in [1.29, 1.82) is 0 Å². The summed E-state index contributed by atoms with van der Waals surface area (Å²) in [5.41, 5.74) is 0. The van der Waals surface area contributed by atoms with Gasteiger partial charge in [-0.2, -0.15) is 4.31 Å². The average molecular weight is 262 g/mol. The molecule has 0 bridgehead atoms. The van der Waals surface area contributed by atoms with Crippen LogP contribution in [0.5, 0.6) is 0 Å². The van der Waals surface area contributed by atoms with Crippen molar-refractivity contribution < 1.29 is 13.2 Å². The third-order valence-electron chi connectivity index (χ3n) is 3.47. The monoisotopic (exact) mass is 262 g/mol. The zero-order valence-corrected chi connectivity index (χ0v) is 11.2. The fourth-order valence-corrected chi connectivity index (χ4v) is 4.42. The van der Waals surface area contributed by atoms with Crippen molar-refractivity contribution >= 4 is 10.0 Å². The van der Waals surface area contributed by atoms with E-state index in [0.717, 1.165) is 32.4 Å². The summed E-state index contributed by atoms with van der Waals surface area (Å²) in [6.45, 7) is 4.72. The summed E-state index contributed by atoms with van der Waals surface area (Å²) < 4.78 is 31.7. The van der Waals surface area contributed by atoms with Crippen molar-refractivity contribution in [2.45, 2.75) is 38.3 Å². The Morgan fingerprint density at radius 1 is 1.41 bits per heavy atom. The second-order valence-corrected chi connectivity index (χ2v) is 6.90. The Morgan fingerprint density at radius 3 is 2.88 bits per heavy atom.